The molecule has 0 aliphatic rings. The smallest absolute Gasteiger partial charge is 0.335 e. The van der Waals surface area contributed by atoms with Crippen molar-refractivity contribution in [3.63, 3.8) is 0 Å². The minimum atomic E-state index is -3.15. The number of aromatic nitrogens is 3. The van der Waals surface area contributed by atoms with Crippen LogP contribution in [0.4, 0.5) is 0 Å². The number of hydrogen-bond donors (Lipinski definition) is 1. The van der Waals surface area contributed by atoms with E-state index in [1.807, 2.05) is 0 Å². The average Bonchev–Trinajstić information content (AvgIpc) is 2.68. The molecule has 0 radical (unpaired) electrons. The number of fused-ring (bicyclic) bond motifs is 1. The Bertz CT molecular complexity index is 735. The van der Waals surface area contributed by atoms with Crippen molar-refractivity contribution < 1.29 is 18.3 Å². The van der Waals surface area contributed by atoms with Crippen molar-refractivity contribution in [2.45, 2.75) is 13.0 Å². The molecule has 0 aliphatic heterocycles. The van der Waals surface area contributed by atoms with Crippen molar-refractivity contribution in [1.82, 2.24) is 15.0 Å². The lowest BCUT2D eigenvalue weighted by atomic mass is 10.2. The number of aromatic carboxylic acids is 1. The number of rotatable bonds is 4. The Hall–Kier alpha value is -1.96. The van der Waals surface area contributed by atoms with Crippen LogP contribution >= 0.6 is 0 Å². The number of carboxylic acids is 1. The van der Waals surface area contributed by atoms with Gasteiger partial charge in [0.2, 0.25) is 0 Å². The van der Waals surface area contributed by atoms with Crippen molar-refractivity contribution >= 4 is 26.8 Å². The quantitative estimate of drug-likeness (QED) is 0.887. The van der Waals surface area contributed by atoms with Gasteiger partial charge >= 0.3 is 5.97 Å². The van der Waals surface area contributed by atoms with E-state index in [4.69, 9.17) is 5.11 Å². The molecule has 0 aliphatic carbocycles. The Morgan fingerprint density at radius 1 is 1.47 bits per heavy atom. The number of benzene rings is 1. The van der Waals surface area contributed by atoms with Gasteiger partial charge in [0, 0.05) is 6.26 Å². The maximum absolute atomic E-state index is 11.3. The molecule has 1 unspecified atom stereocenters. The van der Waals surface area contributed by atoms with E-state index in [0.29, 0.717) is 11.0 Å². The third kappa shape index (κ3) is 2.90. The predicted molar refractivity (Wildman–Crippen MR) is 68.9 cm³/mol. The second kappa shape index (κ2) is 4.61. The number of hydrogen-bond acceptors (Lipinski definition) is 5. The number of carbonyl (C=O) groups is 1. The molecule has 1 aromatic heterocycles. The molecule has 0 saturated heterocycles. The number of nitrogens with zero attached hydrogens (tertiary/aromatic N) is 3. The first-order valence-electron chi connectivity index (χ1n) is 5.54. The highest BCUT2D eigenvalue weighted by molar-refractivity contribution is 7.90. The Labute approximate surface area is 109 Å². The van der Waals surface area contributed by atoms with Crippen LogP contribution in [0.5, 0.6) is 0 Å². The van der Waals surface area contributed by atoms with Crippen LogP contribution < -0.4 is 0 Å². The van der Waals surface area contributed by atoms with Crippen molar-refractivity contribution in [1.29, 1.82) is 0 Å². The lowest BCUT2D eigenvalue weighted by molar-refractivity contribution is 0.0697. The SMILES string of the molecule is CC(CS(C)(=O)=O)n1nnc2ccc(C(=O)O)cc21. The zero-order chi connectivity index (χ0) is 14.2. The van der Waals surface area contributed by atoms with Crippen LogP contribution in [0.3, 0.4) is 0 Å². The van der Waals surface area contributed by atoms with Gasteiger partial charge in [-0.05, 0) is 25.1 Å². The Morgan fingerprint density at radius 2 is 2.16 bits per heavy atom. The maximum atomic E-state index is 11.3. The van der Waals surface area contributed by atoms with Crippen molar-refractivity contribution in [3.05, 3.63) is 23.8 Å². The van der Waals surface area contributed by atoms with Crippen LogP contribution in [0.1, 0.15) is 23.3 Å². The molecule has 0 spiro atoms. The minimum Gasteiger partial charge on any atom is -0.478 e. The fraction of sp³-hybridized carbons (Fsp3) is 0.364. The second-order valence-corrected chi connectivity index (χ2v) is 6.67. The highest BCUT2D eigenvalue weighted by Crippen LogP contribution is 2.18. The molecule has 0 bridgehead atoms. The molecule has 8 heteroatoms. The van der Waals surface area contributed by atoms with E-state index < -0.39 is 21.8 Å². The first kappa shape index (κ1) is 13.5. The van der Waals surface area contributed by atoms with Gasteiger partial charge in [0.05, 0.1) is 22.9 Å². The maximum Gasteiger partial charge on any atom is 0.335 e. The first-order chi connectivity index (χ1) is 8.78. The fourth-order valence-corrected chi connectivity index (χ4v) is 2.92. The van der Waals surface area contributed by atoms with Gasteiger partial charge in [0.15, 0.2) is 0 Å². The van der Waals surface area contributed by atoms with E-state index in [1.54, 1.807) is 13.0 Å². The summed E-state index contributed by atoms with van der Waals surface area (Å²) in [6.07, 6.45) is 1.14. The zero-order valence-corrected chi connectivity index (χ0v) is 11.3. The van der Waals surface area contributed by atoms with Crippen molar-refractivity contribution in [2.75, 3.05) is 12.0 Å². The summed E-state index contributed by atoms with van der Waals surface area (Å²) in [5.41, 5.74) is 1.16. The summed E-state index contributed by atoms with van der Waals surface area (Å²) in [5, 5.41) is 16.7. The molecule has 1 N–H and O–H groups in total. The van der Waals surface area contributed by atoms with Crippen molar-refractivity contribution in [3.8, 4) is 0 Å². The van der Waals surface area contributed by atoms with E-state index in [0.717, 1.165) is 6.26 Å². The van der Waals surface area contributed by atoms with Crippen LogP contribution in [0, 0.1) is 0 Å². The molecule has 1 heterocycles. The van der Waals surface area contributed by atoms with Gasteiger partial charge in [0.1, 0.15) is 15.4 Å². The largest absolute Gasteiger partial charge is 0.478 e. The topological polar surface area (TPSA) is 102 Å². The monoisotopic (exact) mass is 283 g/mol. The molecule has 19 heavy (non-hydrogen) atoms. The summed E-state index contributed by atoms with van der Waals surface area (Å²) in [6.45, 7) is 1.70. The molecular weight excluding hydrogens is 270 g/mol. The highest BCUT2D eigenvalue weighted by Gasteiger charge is 2.17. The average molecular weight is 283 g/mol. The Kier molecular flexibility index (Phi) is 3.27. The summed E-state index contributed by atoms with van der Waals surface area (Å²) < 4.78 is 24.0. The number of sulfone groups is 1. The summed E-state index contributed by atoms with van der Waals surface area (Å²) in [6, 6.07) is 4.01. The number of carboxylic acid groups (broad SMARTS) is 1. The molecule has 2 aromatic rings. The Balaban J connectivity index is 2.49. The summed E-state index contributed by atoms with van der Waals surface area (Å²) in [7, 11) is -3.15. The summed E-state index contributed by atoms with van der Waals surface area (Å²) >= 11 is 0. The standard InChI is InChI=1S/C11H13N3O4S/c1-7(6-19(2,17)18)14-10-5-8(11(15)16)3-4-9(10)12-13-14/h3-5,7H,6H2,1-2H3,(H,15,16). The summed E-state index contributed by atoms with van der Waals surface area (Å²) in [4.78, 5) is 10.9. The van der Waals surface area contributed by atoms with Gasteiger partial charge in [-0.15, -0.1) is 5.10 Å². The van der Waals surface area contributed by atoms with Crippen LogP contribution in [0.25, 0.3) is 11.0 Å². The van der Waals surface area contributed by atoms with Crippen LogP contribution in [-0.2, 0) is 9.84 Å². The minimum absolute atomic E-state index is 0.0806. The van der Waals surface area contributed by atoms with E-state index >= 15 is 0 Å². The van der Waals surface area contributed by atoms with Crippen molar-refractivity contribution in [2.24, 2.45) is 0 Å². The molecule has 102 valence electrons. The molecule has 1 atom stereocenters. The van der Waals surface area contributed by atoms with E-state index in [2.05, 4.69) is 10.3 Å². The van der Waals surface area contributed by atoms with Gasteiger partial charge in [-0.25, -0.2) is 17.9 Å². The second-order valence-electron chi connectivity index (χ2n) is 4.48. The molecule has 0 amide bonds. The zero-order valence-electron chi connectivity index (χ0n) is 10.4. The lowest BCUT2D eigenvalue weighted by Crippen LogP contribution is -2.17. The molecule has 0 saturated carbocycles. The van der Waals surface area contributed by atoms with E-state index in [1.165, 1.54) is 16.8 Å². The molecular formula is C11H13N3O4S. The third-order valence-electron chi connectivity index (χ3n) is 2.68. The Morgan fingerprint density at radius 3 is 2.74 bits per heavy atom. The summed E-state index contributed by atoms with van der Waals surface area (Å²) in [5.74, 6) is -1.13. The fourth-order valence-electron chi connectivity index (χ4n) is 1.90. The predicted octanol–water partition coefficient (Wildman–Crippen LogP) is 0.735. The van der Waals surface area contributed by atoms with E-state index in [9.17, 15) is 13.2 Å². The van der Waals surface area contributed by atoms with Crippen LogP contribution in [-0.4, -0.2) is 46.5 Å². The third-order valence-corrected chi connectivity index (χ3v) is 3.77. The van der Waals surface area contributed by atoms with Gasteiger partial charge in [-0.3, -0.25) is 0 Å². The van der Waals surface area contributed by atoms with Crippen LogP contribution in [0.15, 0.2) is 18.2 Å². The van der Waals surface area contributed by atoms with Gasteiger partial charge in [-0.1, -0.05) is 5.21 Å². The lowest BCUT2D eigenvalue weighted by Gasteiger charge is -2.11. The molecule has 1 aromatic carbocycles. The molecule has 7 nitrogen and oxygen atoms in total. The van der Waals surface area contributed by atoms with Crippen LogP contribution in [0.2, 0.25) is 0 Å². The molecule has 2 rings (SSSR count). The molecule has 0 fully saturated rings. The first-order valence-corrected chi connectivity index (χ1v) is 7.60. The normalized spacial score (nSPS) is 13.6. The van der Waals surface area contributed by atoms with Gasteiger partial charge < -0.3 is 5.11 Å². The van der Waals surface area contributed by atoms with Gasteiger partial charge in [-0.2, -0.15) is 0 Å². The highest BCUT2D eigenvalue weighted by atomic mass is 32.2. The van der Waals surface area contributed by atoms with E-state index in [-0.39, 0.29) is 11.3 Å². The van der Waals surface area contributed by atoms with Gasteiger partial charge in [0.25, 0.3) is 0 Å².